The first-order valence-corrected chi connectivity index (χ1v) is 14.3. The minimum atomic E-state index is -0.933. The van der Waals surface area contributed by atoms with E-state index < -0.39 is 11.3 Å². The van der Waals surface area contributed by atoms with Gasteiger partial charge >= 0.3 is 5.97 Å². The Morgan fingerprint density at radius 2 is 1.34 bits per heavy atom. The van der Waals surface area contributed by atoms with E-state index in [1.807, 2.05) is 105 Å². The second kappa shape index (κ2) is 14.3. The van der Waals surface area contributed by atoms with Gasteiger partial charge in [0.1, 0.15) is 0 Å². The third kappa shape index (κ3) is 7.55. The lowest BCUT2D eigenvalue weighted by Crippen LogP contribution is -2.40. The maximum Gasteiger partial charge on any atom is 0.311 e. The highest BCUT2D eigenvalue weighted by atomic mass is 32.2. The zero-order valence-corrected chi connectivity index (χ0v) is 24.3. The van der Waals surface area contributed by atoms with Crippen LogP contribution in [0, 0.1) is 5.41 Å². The van der Waals surface area contributed by atoms with Crippen LogP contribution in [-0.2, 0) is 14.3 Å². The number of ether oxygens (including phenoxy) is 1. The number of methoxy groups -OCH3 is 1. The molecule has 0 spiro atoms. The summed E-state index contributed by atoms with van der Waals surface area (Å²) in [4.78, 5) is 29.1. The lowest BCUT2D eigenvalue weighted by Gasteiger charge is -2.35. The maximum absolute atomic E-state index is 13.8. The van der Waals surface area contributed by atoms with Crippen LogP contribution < -0.4 is 0 Å². The Morgan fingerprint density at radius 1 is 0.842 bits per heavy atom. The van der Waals surface area contributed by atoms with Gasteiger partial charge in [0.25, 0.3) is 0 Å². The monoisotopic (exact) mass is 547 g/mol. The Labute approximate surface area is 236 Å². The van der Waals surface area contributed by atoms with Crippen LogP contribution in [0.4, 0.5) is 0 Å². The van der Waals surface area contributed by atoms with Gasteiger partial charge in [-0.05, 0) is 50.3 Å². The summed E-state index contributed by atoms with van der Waals surface area (Å²) in [5.74, 6) is -0.763. The molecule has 3 aromatic carbocycles. The number of thiocarbonyl (C=S) groups is 1. The molecule has 0 N–H and O–H groups in total. The summed E-state index contributed by atoms with van der Waals surface area (Å²) >= 11 is 7.42. The largest absolute Gasteiger partial charge is 0.469 e. The molecule has 0 fully saturated rings. The molecule has 0 heterocycles. The average molecular weight is 548 g/mol. The topological polar surface area (TPSA) is 46.6 Å². The molecule has 0 aliphatic carbocycles. The van der Waals surface area contributed by atoms with Crippen LogP contribution in [0.3, 0.4) is 0 Å². The van der Waals surface area contributed by atoms with Crippen molar-refractivity contribution in [2.75, 3.05) is 20.2 Å². The second-order valence-electron chi connectivity index (χ2n) is 9.60. The highest BCUT2D eigenvalue weighted by Gasteiger charge is 2.42. The van der Waals surface area contributed by atoms with Crippen molar-refractivity contribution in [1.29, 1.82) is 0 Å². The van der Waals surface area contributed by atoms with Gasteiger partial charge < -0.3 is 9.64 Å². The van der Waals surface area contributed by atoms with Gasteiger partial charge in [-0.15, -0.1) is 11.8 Å². The second-order valence-corrected chi connectivity index (χ2v) is 11.5. The maximum atomic E-state index is 13.8. The molecule has 4 nitrogen and oxygen atoms in total. The summed E-state index contributed by atoms with van der Waals surface area (Å²) < 4.78 is 6.13. The number of rotatable bonds is 12. The first kappa shape index (κ1) is 29.6. The highest BCUT2D eigenvalue weighted by Crippen LogP contribution is 2.46. The molecule has 0 saturated heterocycles. The Balaban J connectivity index is 2.01. The molecular weight excluding hydrogens is 510 g/mol. The molecule has 0 aliphatic rings. The van der Waals surface area contributed by atoms with Crippen LogP contribution in [0.2, 0.25) is 0 Å². The number of carbonyl (C=O) groups is 2. The molecule has 0 bridgehead atoms. The molecule has 3 unspecified atom stereocenters. The number of thioether (sulfide) groups is 1. The smallest absolute Gasteiger partial charge is 0.311 e. The first-order chi connectivity index (χ1) is 18.3. The molecule has 3 aromatic rings. The molecule has 0 saturated carbocycles. The predicted molar refractivity (Wildman–Crippen MR) is 161 cm³/mol. The number of amides is 1. The van der Waals surface area contributed by atoms with Gasteiger partial charge in [0.05, 0.1) is 22.6 Å². The van der Waals surface area contributed by atoms with Crippen LogP contribution in [0.25, 0.3) is 0 Å². The molecule has 0 aromatic heterocycles. The Morgan fingerprint density at radius 3 is 1.84 bits per heavy atom. The van der Waals surface area contributed by atoms with E-state index in [-0.39, 0.29) is 17.1 Å². The fourth-order valence-corrected chi connectivity index (χ4v) is 6.57. The Bertz CT molecular complexity index is 1180. The third-order valence-electron chi connectivity index (χ3n) is 6.97. The summed E-state index contributed by atoms with van der Waals surface area (Å²) in [5, 5.41) is -0.104. The van der Waals surface area contributed by atoms with E-state index in [1.165, 1.54) is 7.11 Å². The Hall–Kier alpha value is -2.96. The lowest BCUT2D eigenvalue weighted by molar-refractivity contribution is -0.153. The number of hydrogen-bond donors (Lipinski definition) is 0. The number of benzene rings is 3. The van der Waals surface area contributed by atoms with E-state index in [4.69, 9.17) is 17.0 Å². The van der Waals surface area contributed by atoms with E-state index in [9.17, 15) is 9.59 Å². The molecule has 6 heteroatoms. The molecule has 0 aliphatic heterocycles. The fourth-order valence-electron chi connectivity index (χ4n) is 4.81. The first-order valence-electron chi connectivity index (χ1n) is 13.1. The fraction of sp³-hybridized carbons (Fsp3) is 0.344. The summed E-state index contributed by atoms with van der Waals surface area (Å²) in [6.07, 6.45) is 0.803. The van der Waals surface area contributed by atoms with E-state index in [0.29, 0.717) is 25.9 Å². The van der Waals surface area contributed by atoms with Crippen LogP contribution in [0.15, 0.2) is 91.0 Å². The van der Waals surface area contributed by atoms with Crippen molar-refractivity contribution in [3.05, 3.63) is 108 Å². The van der Waals surface area contributed by atoms with Gasteiger partial charge in [0, 0.05) is 18.3 Å². The normalized spacial score (nSPS) is 14.1. The van der Waals surface area contributed by atoms with Crippen LogP contribution >= 0.6 is 24.0 Å². The lowest BCUT2D eigenvalue weighted by atomic mass is 9.74. The number of hydrogen-bond acceptors (Lipinski definition) is 5. The van der Waals surface area contributed by atoms with Crippen molar-refractivity contribution in [2.45, 2.75) is 44.8 Å². The van der Waals surface area contributed by atoms with Crippen molar-refractivity contribution >= 4 is 40.1 Å². The quantitative estimate of drug-likeness (QED) is 0.174. The van der Waals surface area contributed by atoms with Gasteiger partial charge in [0.2, 0.25) is 5.91 Å². The molecule has 3 atom stereocenters. The van der Waals surface area contributed by atoms with Gasteiger partial charge in [-0.25, -0.2) is 0 Å². The van der Waals surface area contributed by atoms with Crippen molar-refractivity contribution in [1.82, 2.24) is 4.90 Å². The standard InChI is InChI=1S/C32H37NO3S2/c1-5-33(6-2)29(34)27(24-16-10-7-11-17-24)22-32(3,31(35)36-4)23-28(25-18-12-8-13-19-25)38-30(37)26-20-14-9-15-21-26/h7-21,27-28H,5-6,22-23H2,1-4H3. The number of carbonyl (C=O) groups excluding carboxylic acids is 2. The molecule has 1 amide bonds. The van der Waals surface area contributed by atoms with Crippen LogP contribution in [0.5, 0.6) is 0 Å². The van der Waals surface area contributed by atoms with Gasteiger partial charge in [-0.1, -0.05) is 103 Å². The van der Waals surface area contributed by atoms with E-state index >= 15 is 0 Å². The summed E-state index contributed by atoms with van der Waals surface area (Å²) in [5.41, 5.74) is 2.03. The summed E-state index contributed by atoms with van der Waals surface area (Å²) in [7, 11) is 1.42. The van der Waals surface area contributed by atoms with Crippen molar-refractivity contribution in [2.24, 2.45) is 5.41 Å². The van der Waals surface area contributed by atoms with E-state index in [0.717, 1.165) is 20.9 Å². The Kier molecular flexibility index (Phi) is 11.1. The molecule has 3 rings (SSSR count). The summed E-state index contributed by atoms with van der Waals surface area (Å²) in [6, 6.07) is 29.8. The minimum Gasteiger partial charge on any atom is -0.469 e. The van der Waals surface area contributed by atoms with Gasteiger partial charge in [-0.2, -0.15) is 0 Å². The molecule has 200 valence electrons. The number of esters is 1. The van der Waals surface area contributed by atoms with Gasteiger partial charge in [-0.3, -0.25) is 9.59 Å². The van der Waals surface area contributed by atoms with Crippen molar-refractivity contribution in [3.63, 3.8) is 0 Å². The van der Waals surface area contributed by atoms with E-state index in [2.05, 4.69) is 12.1 Å². The van der Waals surface area contributed by atoms with Gasteiger partial charge in [0.15, 0.2) is 0 Å². The van der Waals surface area contributed by atoms with Crippen molar-refractivity contribution in [3.8, 4) is 0 Å². The zero-order chi connectivity index (χ0) is 27.5. The van der Waals surface area contributed by atoms with Crippen LogP contribution in [-0.4, -0.2) is 41.2 Å². The van der Waals surface area contributed by atoms with E-state index in [1.54, 1.807) is 11.8 Å². The molecular formula is C32H37NO3S2. The van der Waals surface area contributed by atoms with Crippen LogP contribution in [0.1, 0.15) is 61.5 Å². The third-order valence-corrected chi connectivity index (χ3v) is 8.67. The molecule has 0 radical (unpaired) electrons. The minimum absolute atomic E-state index is 0.0278. The van der Waals surface area contributed by atoms with Crippen molar-refractivity contribution < 1.29 is 14.3 Å². The average Bonchev–Trinajstić information content (AvgIpc) is 2.97. The summed E-state index contributed by atoms with van der Waals surface area (Å²) in [6.45, 7) is 7.11. The number of likely N-dealkylation sites (N-methyl/N-ethyl adjacent to an activating group) is 1. The molecule has 38 heavy (non-hydrogen) atoms. The SMILES string of the molecule is CCN(CC)C(=O)C(CC(C)(CC(SC(=S)c1ccccc1)c1ccccc1)C(=O)OC)c1ccccc1. The highest BCUT2D eigenvalue weighted by molar-refractivity contribution is 8.23. The zero-order valence-electron chi connectivity index (χ0n) is 22.6. The predicted octanol–water partition coefficient (Wildman–Crippen LogP) is 7.45. The number of nitrogens with zero attached hydrogens (tertiary/aromatic N) is 1.